The van der Waals surface area contributed by atoms with E-state index in [0.29, 0.717) is 12.8 Å². The first-order chi connectivity index (χ1) is 18.0. The van der Waals surface area contributed by atoms with Gasteiger partial charge < -0.3 is 5.11 Å². The Bertz CT molecular complexity index is 1430. The molecule has 8 heteroatoms. The molecule has 0 aromatic heterocycles. The third-order valence-electron chi connectivity index (χ3n) is 7.19. The van der Waals surface area contributed by atoms with Gasteiger partial charge in [-0.15, -0.1) is 10.2 Å². The molecule has 1 aliphatic heterocycles. The number of benzene rings is 3. The van der Waals surface area contributed by atoms with Crippen LogP contribution in [0.3, 0.4) is 0 Å². The van der Waals surface area contributed by atoms with Crippen molar-refractivity contribution in [1.29, 1.82) is 0 Å². The molecule has 7 nitrogen and oxygen atoms in total. The number of aliphatic hydroxyl groups excluding tert-OH is 1. The first-order valence-corrected chi connectivity index (χ1v) is 12.5. The van der Waals surface area contributed by atoms with Crippen molar-refractivity contribution in [3.63, 3.8) is 0 Å². The zero-order chi connectivity index (χ0) is 26.1. The fraction of sp³-hybridized carbons (Fsp3) is 0.233. The number of azo groups is 1. The summed E-state index contributed by atoms with van der Waals surface area (Å²) >= 11 is 0. The number of fused-ring (bicyclic) bond motifs is 1. The number of hydrogen-bond acceptors (Lipinski definition) is 6. The number of aliphatic hydroxyl groups is 1. The van der Waals surface area contributed by atoms with E-state index in [-0.39, 0.29) is 63.1 Å². The van der Waals surface area contributed by atoms with Crippen molar-refractivity contribution >= 4 is 23.3 Å². The summed E-state index contributed by atoms with van der Waals surface area (Å²) in [4.78, 5) is 41.2. The van der Waals surface area contributed by atoms with Gasteiger partial charge in [0.05, 0.1) is 28.7 Å². The van der Waals surface area contributed by atoms with E-state index in [0.717, 1.165) is 11.1 Å². The van der Waals surface area contributed by atoms with Gasteiger partial charge in [-0.2, -0.15) is 0 Å². The van der Waals surface area contributed by atoms with Gasteiger partial charge in [-0.05, 0) is 36.1 Å². The van der Waals surface area contributed by atoms with Crippen LogP contribution in [0.25, 0.3) is 0 Å². The smallest absolute Gasteiger partial charge is 0.509 e. The van der Waals surface area contributed by atoms with Gasteiger partial charge in [-0.3, -0.25) is 19.3 Å². The maximum absolute atomic E-state index is 13.6. The molecule has 0 fully saturated rings. The molecule has 38 heavy (non-hydrogen) atoms. The number of allylic oxidation sites excluding steroid dienone is 2. The molecule has 1 radical (unpaired) electrons. The Balaban J connectivity index is 0.00000336. The minimum Gasteiger partial charge on any atom is -0.509 e. The van der Waals surface area contributed by atoms with Crippen LogP contribution >= 0.6 is 0 Å². The van der Waals surface area contributed by atoms with Gasteiger partial charge in [0, 0.05) is 6.04 Å². The second kappa shape index (κ2) is 11.3. The summed E-state index contributed by atoms with van der Waals surface area (Å²) in [6, 6.07) is 23.2. The Hall–Kier alpha value is -3.87. The molecule has 0 saturated heterocycles. The van der Waals surface area contributed by atoms with E-state index >= 15 is 0 Å². The number of hydrogen-bond donors (Lipinski definition) is 1. The fourth-order valence-electron chi connectivity index (χ4n) is 5.30. The number of nitrogens with zero attached hydrogens (tertiary/aromatic N) is 3. The molecule has 195 valence electrons. The van der Waals surface area contributed by atoms with E-state index in [1.807, 2.05) is 74.5 Å². The number of imide groups is 1. The van der Waals surface area contributed by atoms with Crippen molar-refractivity contribution < 1.29 is 36.6 Å². The summed E-state index contributed by atoms with van der Waals surface area (Å²) in [7, 11) is 0. The van der Waals surface area contributed by atoms with Gasteiger partial charge in [0.15, 0.2) is 11.5 Å². The van der Waals surface area contributed by atoms with Crippen molar-refractivity contribution in [3.05, 3.63) is 113 Å². The summed E-state index contributed by atoms with van der Waals surface area (Å²) in [5.74, 6) is -2.55. The van der Waals surface area contributed by atoms with Crippen molar-refractivity contribution in [2.45, 2.75) is 44.6 Å². The molecule has 0 spiro atoms. The summed E-state index contributed by atoms with van der Waals surface area (Å²) in [5, 5.41) is 19.6. The Morgan fingerprint density at radius 2 is 1.34 bits per heavy atom. The van der Waals surface area contributed by atoms with Crippen LogP contribution in [0.4, 0.5) is 5.69 Å². The van der Waals surface area contributed by atoms with E-state index in [1.54, 1.807) is 18.2 Å². The van der Waals surface area contributed by atoms with Crippen LogP contribution in [0.2, 0.25) is 0 Å². The van der Waals surface area contributed by atoms with Crippen LogP contribution in [0.15, 0.2) is 101 Å². The summed E-state index contributed by atoms with van der Waals surface area (Å²) in [6.07, 6.45) is 1.30. The van der Waals surface area contributed by atoms with Crippen molar-refractivity contribution in [3.8, 4) is 0 Å². The number of ketones is 1. The zero-order valence-electron chi connectivity index (χ0n) is 21.0. The topological polar surface area (TPSA) is 99.4 Å². The van der Waals surface area contributed by atoms with Crippen LogP contribution in [-0.4, -0.2) is 33.6 Å². The average molecular weight is 557 g/mol. The average Bonchev–Trinajstić information content (AvgIpc) is 3.34. The SMILES string of the molecule is CCC(CC)N1C(=O)c2cccc(N=NC3=C(O)C(c4ccccc4)C(c4ccccc4)C3=O)c2C1=O.[Cu+2]. The molecule has 0 saturated carbocycles. The summed E-state index contributed by atoms with van der Waals surface area (Å²) in [5.41, 5.74) is 2.04. The molecule has 1 aliphatic carbocycles. The molecule has 2 atom stereocenters. The monoisotopic (exact) mass is 556 g/mol. The van der Waals surface area contributed by atoms with Crippen molar-refractivity contribution in [1.82, 2.24) is 4.90 Å². The van der Waals surface area contributed by atoms with Crippen LogP contribution in [-0.2, 0) is 21.9 Å². The molecular weight excluding hydrogens is 530 g/mol. The normalized spacial score (nSPS) is 19.0. The Morgan fingerprint density at radius 3 is 1.92 bits per heavy atom. The van der Waals surface area contributed by atoms with Gasteiger partial charge in [0.1, 0.15) is 5.76 Å². The Morgan fingerprint density at radius 1 is 0.763 bits per heavy atom. The van der Waals surface area contributed by atoms with Crippen molar-refractivity contribution in [2.75, 3.05) is 0 Å². The Labute approximate surface area is 231 Å². The summed E-state index contributed by atoms with van der Waals surface area (Å²) < 4.78 is 0. The predicted octanol–water partition coefficient (Wildman–Crippen LogP) is 6.47. The van der Waals surface area contributed by atoms with Gasteiger partial charge in [-0.1, -0.05) is 80.6 Å². The third kappa shape index (κ3) is 4.51. The van der Waals surface area contributed by atoms with E-state index < -0.39 is 17.7 Å². The molecule has 2 amide bonds. The molecule has 2 unspecified atom stereocenters. The standard InChI is InChI=1S/C30H27N3O4.Cu/c1-3-20(4-2)33-29(36)21-16-11-17-22(25(21)30(33)37)31-32-26-27(34)23(18-12-7-5-8-13-18)24(28(26)35)19-14-9-6-10-15-19;/h5-17,20,23-24,34H,3-4H2,1-2H3;/q;+2. The van der Waals surface area contributed by atoms with E-state index in [9.17, 15) is 19.5 Å². The third-order valence-corrected chi connectivity index (χ3v) is 7.19. The number of carbonyl (C=O) groups excluding carboxylic acids is 3. The molecule has 0 bridgehead atoms. The van der Waals surface area contributed by atoms with Gasteiger partial charge in [0.25, 0.3) is 11.8 Å². The molecule has 5 rings (SSSR count). The minimum atomic E-state index is -0.660. The first kappa shape index (κ1) is 27.2. The maximum Gasteiger partial charge on any atom is 2.00 e. The predicted molar refractivity (Wildman–Crippen MR) is 139 cm³/mol. The summed E-state index contributed by atoms with van der Waals surface area (Å²) in [6.45, 7) is 3.87. The molecular formula is C30H27CuN3O4+2. The number of Topliss-reactive ketones (excluding diaryl/α,β-unsaturated/α-hetero) is 1. The van der Waals surface area contributed by atoms with E-state index in [1.165, 1.54) is 4.90 Å². The second-order valence-electron chi connectivity index (χ2n) is 9.23. The fourth-order valence-corrected chi connectivity index (χ4v) is 5.30. The van der Waals surface area contributed by atoms with Gasteiger partial charge >= 0.3 is 17.1 Å². The maximum atomic E-state index is 13.6. The molecule has 3 aromatic carbocycles. The van der Waals surface area contributed by atoms with Crippen LogP contribution < -0.4 is 0 Å². The number of rotatable bonds is 7. The van der Waals surface area contributed by atoms with E-state index in [4.69, 9.17) is 0 Å². The Kier molecular flexibility index (Phi) is 8.05. The largest absolute Gasteiger partial charge is 2.00 e. The molecule has 2 aliphatic rings. The van der Waals surface area contributed by atoms with Crippen LogP contribution in [0.5, 0.6) is 0 Å². The van der Waals surface area contributed by atoms with Crippen LogP contribution in [0, 0.1) is 0 Å². The minimum absolute atomic E-state index is 0. The number of carbonyl (C=O) groups is 3. The quantitative estimate of drug-likeness (QED) is 0.205. The van der Waals surface area contributed by atoms with E-state index in [2.05, 4.69) is 10.2 Å². The zero-order valence-corrected chi connectivity index (χ0v) is 21.9. The molecule has 3 aromatic rings. The number of amides is 2. The van der Waals surface area contributed by atoms with Crippen LogP contribution in [0.1, 0.15) is 70.4 Å². The molecule has 1 heterocycles. The van der Waals surface area contributed by atoms with Crippen molar-refractivity contribution in [2.24, 2.45) is 10.2 Å². The van der Waals surface area contributed by atoms with Gasteiger partial charge in [-0.25, -0.2) is 0 Å². The second-order valence-corrected chi connectivity index (χ2v) is 9.23. The van der Waals surface area contributed by atoms with Gasteiger partial charge in [0.2, 0.25) is 0 Å². The first-order valence-electron chi connectivity index (χ1n) is 12.5. The molecule has 1 N–H and O–H groups in total.